The van der Waals surface area contributed by atoms with Gasteiger partial charge in [-0.15, -0.1) is 0 Å². The normalized spacial score (nSPS) is 10.9. The summed E-state index contributed by atoms with van der Waals surface area (Å²) in [5, 5.41) is 22.3. The Hall–Kier alpha value is -2.78. The van der Waals surface area contributed by atoms with Crippen molar-refractivity contribution in [3.63, 3.8) is 0 Å². The van der Waals surface area contributed by atoms with Gasteiger partial charge >= 0.3 is 0 Å². The van der Waals surface area contributed by atoms with Crippen LogP contribution in [0.15, 0.2) is 52.5 Å². The molecule has 0 heterocycles. The Bertz CT molecular complexity index is 868. The Morgan fingerprint density at radius 3 is 2.58 bits per heavy atom. The summed E-state index contributed by atoms with van der Waals surface area (Å²) in [6.07, 6.45) is 1.38. The van der Waals surface area contributed by atoms with Crippen LogP contribution in [-0.2, 0) is 4.79 Å². The summed E-state index contributed by atoms with van der Waals surface area (Å²) in [4.78, 5) is 14.4. The van der Waals surface area contributed by atoms with Gasteiger partial charge in [-0.05, 0) is 50.3 Å². The summed E-state index contributed by atoms with van der Waals surface area (Å²) in [6, 6.07) is 14.2. The Balaban J connectivity index is 2.25. The molecule has 134 valence electrons. The molecule has 1 amide bonds. The van der Waals surface area contributed by atoms with Crippen LogP contribution in [0.3, 0.4) is 0 Å². The summed E-state index contributed by atoms with van der Waals surface area (Å²) in [5.74, 6) is -0.504. The van der Waals surface area contributed by atoms with Crippen molar-refractivity contribution < 1.29 is 9.90 Å². The average molecular weight is 414 g/mol. The molecule has 0 aliphatic rings. The number of phenolic OH excluding ortho intramolecular Hbond substituents is 1. The van der Waals surface area contributed by atoms with E-state index in [-0.39, 0.29) is 11.3 Å². The number of halogens is 1. The first-order valence-electron chi connectivity index (χ1n) is 8.25. The lowest BCUT2D eigenvalue weighted by Gasteiger charge is -2.21. The molecule has 0 fully saturated rings. The zero-order valence-corrected chi connectivity index (χ0v) is 16.2. The summed E-state index contributed by atoms with van der Waals surface area (Å²) in [6.45, 7) is 5.72. The van der Waals surface area contributed by atoms with Gasteiger partial charge in [0.1, 0.15) is 17.4 Å². The Morgan fingerprint density at radius 1 is 1.27 bits per heavy atom. The Labute approximate surface area is 161 Å². The molecule has 0 atom stereocenters. The maximum absolute atomic E-state index is 12.3. The SMILES string of the molecule is CCN(CC)c1ccc(/C=C(\C#N)C(=O)Nc2cccc(Br)c2)c(O)c1. The van der Waals surface area contributed by atoms with Crippen molar-refractivity contribution in [2.24, 2.45) is 0 Å². The van der Waals surface area contributed by atoms with E-state index in [9.17, 15) is 15.2 Å². The first-order chi connectivity index (χ1) is 12.5. The number of rotatable bonds is 6. The van der Waals surface area contributed by atoms with Gasteiger partial charge in [0.05, 0.1) is 0 Å². The molecule has 2 aromatic carbocycles. The molecule has 6 heteroatoms. The lowest BCUT2D eigenvalue weighted by Crippen LogP contribution is -2.21. The number of carbonyl (C=O) groups is 1. The van der Waals surface area contributed by atoms with Gasteiger partial charge < -0.3 is 15.3 Å². The van der Waals surface area contributed by atoms with Crippen molar-refractivity contribution in [1.29, 1.82) is 5.26 Å². The number of aromatic hydroxyl groups is 1. The molecule has 0 bridgehead atoms. The van der Waals surface area contributed by atoms with Crippen LogP contribution in [0.25, 0.3) is 6.08 Å². The highest BCUT2D eigenvalue weighted by molar-refractivity contribution is 9.10. The van der Waals surface area contributed by atoms with Crippen molar-refractivity contribution >= 4 is 39.3 Å². The molecule has 26 heavy (non-hydrogen) atoms. The monoisotopic (exact) mass is 413 g/mol. The molecule has 2 rings (SSSR count). The van der Waals surface area contributed by atoms with E-state index in [0.29, 0.717) is 11.3 Å². The number of amides is 1. The van der Waals surface area contributed by atoms with Crippen molar-refractivity contribution in [2.75, 3.05) is 23.3 Å². The maximum atomic E-state index is 12.3. The third-order valence-electron chi connectivity index (χ3n) is 3.89. The van der Waals surface area contributed by atoms with Gasteiger partial charge in [0.25, 0.3) is 5.91 Å². The molecule has 0 unspecified atom stereocenters. The molecular formula is C20H20BrN3O2. The smallest absolute Gasteiger partial charge is 0.266 e. The number of nitriles is 1. The molecular weight excluding hydrogens is 394 g/mol. The molecule has 2 aromatic rings. The van der Waals surface area contributed by atoms with Gasteiger partial charge in [0, 0.05) is 40.6 Å². The highest BCUT2D eigenvalue weighted by Gasteiger charge is 2.12. The minimum absolute atomic E-state index is 0.0254. The second-order valence-electron chi connectivity index (χ2n) is 5.55. The highest BCUT2D eigenvalue weighted by atomic mass is 79.9. The zero-order valence-electron chi connectivity index (χ0n) is 14.7. The summed E-state index contributed by atoms with van der Waals surface area (Å²) < 4.78 is 0.822. The Kier molecular flexibility index (Phi) is 6.81. The lowest BCUT2D eigenvalue weighted by atomic mass is 10.1. The van der Waals surface area contributed by atoms with E-state index in [4.69, 9.17) is 0 Å². The number of nitrogens with one attached hydrogen (secondary N) is 1. The zero-order chi connectivity index (χ0) is 19.1. The van der Waals surface area contributed by atoms with Gasteiger partial charge in [0.15, 0.2) is 0 Å². The summed E-state index contributed by atoms with van der Waals surface area (Å²) in [7, 11) is 0. The second kappa shape index (κ2) is 9.07. The molecule has 5 nitrogen and oxygen atoms in total. The minimum atomic E-state index is -0.530. The molecule has 0 radical (unpaired) electrons. The van der Waals surface area contributed by atoms with E-state index in [1.165, 1.54) is 6.08 Å². The number of nitrogens with zero attached hydrogens (tertiary/aromatic N) is 2. The molecule has 0 aliphatic heterocycles. The summed E-state index contributed by atoms with van der Waals surface area (Å²) in [5.41, 5.74) is 1.80. The Morgan fingerprint density at radius 2 is 2.00 bits per heavy atom. The van der Waals surface area contributed by atoms with Crippen LogP contribution >= 0.6 is 15.9 Å². The fourth-order valence-corrected chi connectivity index (χ4v) is 2.91. The van der Waals surface area contributed by atoms with E-state index >= 15 is 0 Å². The number of carbonyl (C=O) groups excluding carboxylic acids is 1. The van der Waals surface area contributed by atoms with Crippen LogP contribution in [0.2, 0.25) is 0 Å². The lowest BCUT2D eigenvalue weighted by molar-refractivity contribution is -0.112. The van der Waals surface area contributed by atoms with Crippen molar-refractivity contribution in [2.45, 2.75) is 13.8 Å². The van der Waals surface area contributed by atoms with Crippen LogP contribution in [0, 0.1) is 11.3 Å². The van der Waals surface area contributed by atoms with Crippen LogP contribution in [0.5, 0.6) is 5.75 Å². The largest absolute Gasteiger partial charge is 0.507 e. The number of anilines is 2. The molecule has 0 saturated heterocycles. The van der Waals surface area contributed by atoms with E-state index in [2.05, 4.69) is 26.1 Å². The topological polar surface area (TPSA) is 76.4 Å². The first-order valence-corrected chi connectivity index (χ1v) is 9.04. The van der Waals surface area contributed by atoms with Crippen LogP contribution < -0.4 is 10.2 Å². The predicted octanol–water partition coefficient (Wildman–Crippen LogP) is 4.55. The maximum Gasteiger partial charge on any atom is 0.266 e. The van der Waals surface area contributed by atoms with Gasteiger partial charge in [-0.25, -0.2) is 0 Å². The summed E-state index contributed by atoms with van der Waals surface area (Å²) >= 11 is 3.33. The van der Waals surface area contributed by atoms with E-state index < -0.39 is 5.91 Å². The fourth-order valence-electron chi connectivity index (χ4n) is 2.51. The van der Waals surface area contributed by atoms with Gasteiger partial charge in [0.2, 0.25) is 0 Å². The number of hydrogen-bond donors (Lipinski definition) is 2. The van der Waals surface area contributed by atoms with Crippen LogP contribution in [-0.4, -0.2) is 24.1 Å². The van der Waals surface area contributed by atoms with Gasteiger partial charge in [-0.1, -0.05) is 22.0 Å². The quantitative estimate of drug-likeness (QED) is 0.537. The molecule has 0 aliphatic carbocycles. The first kappa shape index (κ1) is 19.5. The van der Waals surface area contributed by atoms with Crippen LogP contribution in [0.4, 0.5) is 11.4 Å². The standard InChI is InChI=1S/C20H20BrN3O2/c1-3-24(4-2)18-9-8-14(19(25)12-18)10-15(13-22)20(26)23-17-7-5-6-16(21)11-17/h5-12,25H,3-4H2,1-2H3,(H,23,26)/b15-10+. The van der Waals surface area contributed by atoms with E-state index in [1.54, 1.807) is 30.3 Å². The number of hydrogen-bond acceptors (Lipinski definition) is 4. The minimum Gasteiger partial charge on any atom is -0.507 e. The molecule has 2 N–H and O–H groups in total. The predicted molar refractivity (Wildman–Crippen MR) is 108 cm³/mol. The number of benzene rings is 2. The number of phenols is 1. The van der Waals surface area contributed by atoms with Crippen molar-refractivity contribution in [3.05, 3.63) is 58.1 Å². The van der Waals surface area contributed by atoms with Gasteiger partial charge in [-0.2, -0.15) is 5.26 Å². The fraction of sp³-hybridized carbons (Fsp3) is 0.200. The highest BCUT2D eigenvalue weighted by Crippen LogP contribution is 2.27. The van der Waals surface area contributed by atoms with Crippen LogP contribution in [0.1, 0.15) is 19.4 Å². The molecule has 0 aromatic heterocycles. The molecule has 0 spiro atoms. The molecule has 0 saturated carbocycles. The second-order valence-corrected chi connectivity index (χ2v) is 6.47. The van der Waals surface area contributed by atoms with Crippen molar-refractivity contribution in [3.8, 4) is 11.8 Å². The van der Waals surface area contributed by atoms with Gasteiger partial charge in [-0.3, -0.25) is 4.79 Å². The van der Waals surface area contributed by atoms with E-state index in [0.717, 1.165) is 23.2 Å². The third-order valence-corrected chi connectivity index (χ3v) is 4.38. The van der Waals surface area contributed by atoms with Crippen molar-refractivity contribution in [1.82, 2.24) is 0 Å². The third kappa shape index (κ3) is 4.87. The average Bonchev–Trinajstić information content (AvgIpc) is 2.62. The van der Waals surface area contributed by atoms with E-state index in [1.807, 2.05) is 32.0 Å².